The molecule has 3 rings (SSSR count). The van der Waals surface area contributed by atoms with Crippen molar-refractivity contribution in [1.29, 1.82) is 0 Å². The van der Waals surface area contributed by atoms with E-state index in [0.717, 1.165) is 28.8 Å². The molecule has 1 heterocycles. The van der Waals surface area contributed by atoms with Crippen LogP contribution in [0.3, 0.4) is 0 Å². The normalized spacial score (nSPS) is 13.2. The van der Waals surface area contributed by atoms with Crippen molar-refractivity contribution in [1.82, 2.24) is 15.6 Å². The number of halogens is 3. The van der Waals surface area contributed by atoms with Gasteiger partial charge < -0.3 is 10.1 Å². The Bertz CT molecular complexity index is 1060. The number of ether oxygens (including phenoxy) is 1. The second-order valence-electron chi connectivity index (χ2n) is 7.87. The van der Waals surface area contributed by atoms with Gasteiger partial charge in [-0.05, 0) is 48.6 Å². The number of benzene rings is 2. The predicted molar refractivity (Wildman–Crippen MR) is 124 cm³/mol. The molecule has 0 radical (unpaired) electrons. The van der Waals surface area contributed by atoms with Crippen molar-refractivity contribution in [3.05, 3.63) is 95.2 Å². The first kappa shape index (κ1) is 25.2. The molecule has 0 unspecified atom stereocenters. The van der Waals surface area contributed by atoms with Crippen molar-refractivity contribution in [3.63, 3.8) is 0 Å². The molecule has 0 aliphatic rings. The molecule has 34 heavy (non-hydrogen) atoms. The molecule has 0 bridgehead atoms. The fourth-order valence-corrected chi connectivity index (χ4v) is 3.85. The van der Waals surface area contributed by atoms with E-state index >= 15 is 0 Å². The van der Waals surface area contributed by atoms with E-state index in [1.165, 1.54) is 12.1 Å². The lowest BCUT2D eigenvalue weighted by Crippen LogP contribution is -2.38. The SMILES string of the molecule is CNC(=O)[C@H](N[C@@H](CCCc1ccc(C(F)(F)F)cc1)c1cccnc1OC)c1ccccc1. The summed E-state index contributed by atoms with van der Waals surface area (Å²) in [6.07, 6.45) is -0.833. The average molecular weight is 472 g/mol. The number of nitrogens with zero attached hydrogens (tertiary/aromatic N) is 1. The molecule has 1 aromatic heterocycles. The van der Waals surface area contributed by atoms with Crippen LogP contribution >= 0.6 is 0 Å². The van der Waals surface area contributed by atoms with Gasteiger partial charge in [0.05, 0.1) is 12.7 Å². The lowest BCUT2D eigenvalue weighted by atomic mass is 9.96. The van der Waals surface area contributed by atoms with Crippen molar-refractivity contribution >= 4 is 5.91 Å². The molecule has 0 fully saturated rings. The molecule has 3 aromatic rings. The van der Waals surface area contributed by atoms with Gasteiger partial charge in [0.25, 0.3) is 0 Å². The minimum Gasteiger partial charge on any atom is -0.481 e. The quantitative estimate of drug-likeness (QED) is 0.424. The van der Waals surface area contributed by atoms with E-state index in [0.29, 0.717) is 25.1 Å². The molecule has 0 aliphatic carbocycles. The smallest absolute Gasteiger partial charge is 0.416 e. The number of hydrogen-bond donors (Lipinski definition) is 2. The molecule has 0 spiro atoms. The monoisotopic (exact) mass is 471 g/mol. The highest BCUT2D eigenvalue weighted by Crippen LogP contribution is 2.31. The van der Waals surface area contributed by atoms with E-state index in [-0.39, 0.29) is 11.9 Å². The Kier molecular flexibility index (Phi) is 8.65. The molecule has 2 aromatic carbocycles. The molecule has 8 heteroatoms. The molecule has 180 valence electrons. The first-order chi connectivity index (χ1) is 16.3. The first-order valence-corrected chi connectivity index (χ1v) is 11.0. The third-order valence-corrected chi connectivity index (χ3v) is 5.62. The summed E-state index contributed by atoms with van der Waals surface area (Å²) >= 11 is 0. The van der Waals surface area contributed by atoms with Gasteiger partial charge in [-0.2, -0.15) is 13.2 Å². The number of likely N-dealkylation sites (N-methyl/N-ethyl adjacent to an activating group) is 1. The number of amides is 1. The van der Waals surface area contributed by atoms with Crippen LogP contribution in [-0.4, -0.2) is 25.0 Å². The highest BCUT2D eigenvalue weighted by atomic mass is 19.4. The summed E-state index contributed by atoms with van der Waals surface area (Å²) in [6.45, 7) is 0. The van der Waals surface area contributed by atoms with Gasteiger partial charge in [0.2, 0.25) is 11.8 Å². The van der Waals surface area contributed by atoms with Crippen LogP contribution in [0.1, 0.15) is 47.2 Å². The van der Waals surface area contributed by atoms with E-state index < -0.39 is 17.8 Å². The number of hydrogen-bond acceptors (Lipinski definition) is 4. The number of carbonyl (C=O) groups excluding carboxylic acids is 1. The Labute approximate surface area is 197 Å². The van der Waals surface area contributed by atoms with Crippen LogP contribution in [0.15, 0.2) is 72.9 Å². The predicted octanol–water partition coefficient (Wildman–Crippen LogP) is 5.25. The highest BCUT2D eigenvalue weighted by molar-refractivity contribution is 5.83. The Morgan fingerprint density at radius 2 is 1.74 bits per heavy atom. The lowest BCUT2D eigenvalue weighted by molar-refractivity contribution is -0.137. The van der Waals surface area contributed by atoms with Gasteiger partial charge in [-0.1, -0.05) is 48.5 Å². The molecule has 5 nitrogen and oxygen atoms in total. The van der Waals surface area contributed by atoms with E-state index in [2.05, 4.69) is 15.6 Å². The fraction of sp³-hybridized carbons (Fsp3) is 0.308. The van der Waals surface area contributed by atoms with Gasteiger partial charge in [-0.15, -0.1) is 0 Å². The molecule has 1 amide bonds. The van der Waals surface area contributed by atoms with Gasteiger partial charge in [0.15, 0.2) is 0 Å². The van der Waals surface area contributed by atoms with Crippen LogP contribution in [0.4, 0.5) is 13.2 Å². The van der Waals surface area contributed by atoms with Crippen LogP contribution in [0.25, 0.3) is 0 Å². The van der Waals surface area contributed by atoms with Gasteiger partial charge in [-0.3, -0.25) is 10.1 Å². The molecule has 0 aliphatic heterocycles. The molecule has 2 atom stereocenters. The summed E-state index contributed by atoms with van der Waals surface area (Å²) in [5.41, 5.74) is 1.78. The Morgan fingerprint density at radius 1 is 1.03 bits per heavy atom. The summed E-state index contributed by atoms with van der Waals surface area (Å²) < 4.78 is 44.0. The lowest BCUT2D eigenvalue weighted by Gasteiger charge is -2.26. The Morgan fingerprint density at radius 3 is 2.35 bits per heavy atom. The van der Waals surface area contributed by atoms with E-state index in [9.17, 15) is 18.0 Å². The first-order valence-electron chi connectivity index (χ1n) is 11.0. The maximum absolute atomic E-state index is 12.8. The van der Waals surface area contributed by atoms with Crippen LogP contribution in [0.2, 0.25) is 0 Å². The number of rotatable bonds is 10. The summed E-state index contributed by atoms with van der Waals surface area (Å²) in [6, 6.07) is 17.4. The summed E-state index contributed by atoms with van der Waals surface area (Å²) in [5, 5.41) is 6.15. The molecule has 0 saturated heterocycles. The average Bonchev–Trinajstić information content (AvgIpc) is 2.86. The van der Waals surface area contributed by atoms with Crippen molar-refractivity contribution in [2.75, 3.05) is 14.2 Å². The van der Waals surface area contributed by atoms with Gasteiger partial charge in [0.1, 0.15) is 6.04 Å². The van der Waals surface area contributed by atoms with Crippen molar-refractivity contribution < 1.29 is 22.7 Å². The van der Waals surface area contributed by atoms with Gasteiger partial charge in [-0.25, -0.2) is 4.98 Å². The highest BCUT2D eigenvalue weighted by Gasteiger charge is 2.30. The summed E-state index contributed by atoms with van der Waals surface area (Å²) in [7, 11) is 3.13. The topological polar surface area (TPSA) is 63.2 Å². The standard InChI is InChI=1S/C26H28F3N3O2/c1-30-24(33)23(19-9-4-3-5-10-19)32-22(21-11-7-17-31-25(21)34-2)12-6-8-18-13-15-20(16-14-18)26(27,28)29/h3-5,7,9-11,13-17,22-23,32H,6,8,12H2,1-2H3,(H,30,33)/t22-,23+/m0/s1. The number of aromatic nitrogens is 1. The van der Waals surface area contributed by atoms with Crippen LogP contribution in [-0.2, 0) is 17.4 Å². The third-order valence-electron chi connectivity index (χ3n) is 5.62. The number of alkyl halides is 3. The van der Waals surface area contributed by atoms with Crippen LogP contribution in [0, 0.1) is 0 Å². The summed E-state index contributed by atoms with van der Waals surface area (Å²) in [5.74, 6) is 0.278. The third kappa shape index (κ3) is 6.57. The maximum Gasteiger partial charge on any atom is 0.416 e. The number of aryl methyl sites for hydroxylation is 1. The van der Waals surface area contributed by atoms with Gasteiger partial charge >= 0.3 is 6.18 Å². The zero-order chi connectivity index (χ0) is 24.6. The minimum atomic E-state index is -4.35. The van der Waals surface area contributed by atoms with Crippen molar-refractivity contribution in [2.24, 2.45) is 0 Å². The Hall–Kier alpha value is -3.39. The maximum atomic E-state index is 12.8. The van der Waals surface area contributed by atoms with Crippen molar-refractivity contribution in [3.8, 4) is 5.88 Å². The Balaban J connectivity index is 1.80. The van der Waals surface area contributed by atoms with Gasteiger partial charge in [0, 0.05) is 24.8 Å². The van der Waals surface area contributed by atoms with E-state index in [4.69, 9.17) is 4.74 Å². The van der Waals surface area contributed by atoms with E-state index in [1.807, 2.05) is 36.4 Å². The molecular weight excluding hydrogens is 443 g/mol. The second-order valence-corrected chi connectivity index (χ2v) is 7.87. The molecule has 0 saturated carbocycles. The number of methoxy groups -OCH3 is 1. The summed E-state index contributed by atoms with van der Waals surface area (Å²) in [4.78, 5) is 17.0. The minimum absolute atomic E-state index is 0.179. The van der Waals surface area contributed by atoms with Crippen LogP contribution in [0.5, 0.6) is 5.88 Å². The van der Waals surface area contributed by atoms with E-state index in [1.54, 1.807) is 26.4 Å². The molecule has 2 N–H and O–H groups in total. The fourth-order valence-electron chi connectivity index (χ4n) is 3.85. The van der Waals surface area contributed by atoms with Crippen LogP contribution < -0.4 is 15.4 Å². The molecular formula is C26H28F3N3O2. The zero-order valence-electron chi connectivity index (χ0n) is 19.1. The number of nitrogens with one attached hydrogen (secondary N) is 2. The zero-order valence-corrected chi connectivity index (χ0v) is 19.1. The van der Waals surface area contributed by atoms with Crippen molar-refractivity contribution in [2.45, 2.75) is 37.5 Å². The largest absolute Gasteiger partial charge is 0.481 e. The number of carbonyl (C=O) groups is 1. The second kappa shape index (κ2) is 11.7. The number of pyridine rings is 1.